The summed E-state index contributed by atoms with van der Waals surface area (Å²) in [7, 11) is 0. The first-order valence-corrected chi connectivity index (χ1v) is 4.16. The molecule has 0 unspecified atom stereocenters. The summed E-state index contributed by atoms with van der Waals surface area (Å²) >= 11 is 0. The molecule has 0 saturated heterocycles. The summed E-state index contributed by atoms with van der Waals surface area (Å²) < 4.78 is 0. The maximum atomic E-state index is 9.29. The Kier molecular flexibility index (Phi) is 3.39. The van der Waals surface area contributed by atoms with Gasteiger partial charge in [-0.05, 0) is 19.4 Å². The van der Waals surface area contributed by atoms with Gasteiger partial charge in [-0.2, -0.15) is 0 Å². The van der Waals surface area contributed by atoms with Crippen molar-refractivity contribution in [3.8, 4) is 0 Å². The highest BCUT2D eigenvalue weighted by atomic mass is 16.3. The maximum absolute atomic E-state index is 9.29. The van der Waals surface area contributed by atoms with Crippen LogP contribution in [-0.4, -0.2) is 5.11 Å². The van der Waals surface area contributed by atoms with Gasteiger partial charge in [-0.1, -0.05) is 36.0 Å². The normalized spacial score (nSPS) is 32.4. The topological polar surface area (TPSA) is 20.2 Å². The van der Waals surface area contributed by atoms with Gasteiger partial charge >= 0.3 is 0 Å². The Morgan fingerprint density at radius 1 is 1.08 bits per heavy atom. The molecule has 0 aromatic carbocycles. The van der Waals surface area contributed by atoms with Gasteiger partial charge in [-0.25, -0.2) is 0 Å². The quantitative estimate of drug-likeness (QED) is 0.579. The van der Waals surface area contributed by atoms with E-state index in [9.17, 15) is 5.11 Å². The fraction of sp³-hybridized carbons (Fsp3) is 0.273. The smallest absolute Gasteiger partial charge is 0.0960 e. The van der Waals surface area contributed by atoms with Crippen LogP contribution in [0.4, 0.5) is 0 Å². The van der Waals surface area contributed by atoms with E-state index in [2.05, 4.69) is 13.0 Å². The predicted octanol–water partition coefficient (Wildman–Crippen LogP) is 3.28. The summed E-state index contributed by atoms with van der Waals surface area (Å²) in [5.74, 6) is 0.418. The van der Waals surface area contributed by atoms with Crippen LogP contribution in [0.3, 0.4) is 0 Å². The summed E-state index contributed by atoms with van der Waals surface area (Å²) in [6.07, 6.45) is 13.3. The minimum atomic E-state index is 0.418. The van der Waals surface area contributed by atoms with Crippen LogP contribution >= 0.6 is 0 Å². The van der Waals surface area contributed by atoms with Crippen molar-refractivity contribution in [2.75, 3.05) is 0 Å². The zero-order valence-electron chi connectivity index (χ0n) is 7.33. The van der Waals surface area contributed by atoms with Gasteiger partial charge in [0.2, 0.25) is 0 Å². The second-order valence-corrected chi connectivity index (χ2v) is 2.94. The Bertz CT molecular complexity index is 226. The van der Waals surface area contributed by atoms with E-state index in [1.165, 1.54) is 5.57 Å². The molecule has 0 saturated carbocycles. The molecule has 1 aliphatic carbocycles. The fourth-order valence-corrected chi connectivity index (χ4v) is 0.974. The maximum Gasteiger partial charge on any atom is 0.0960 e. The number of hydrogen-bond donors (Lipinski definition) is 1. The number of aliphatic hydroxyl groups excluding tert-OH is 1. The standard InChI is InChI=1S/C11H14O/c1-10-6-4-2-3-5-7-11(12)9-8-10/h2-5,8-9,12H,6-7H2,1H3/b4-2-,5-3-,10-8-,11-9+. The minimum Gasteiger partial charge on any atom is -0.512 e. The lowest BCUT2D eigenvalue weighted by Crippen LogP contribution is -1.79. The van der Waals surface area contributed by atoms with Crippen LogP contribution in [0.25, 0.3) is 0 Å². The minimum absolute atomic E-state index is 0.418. The number of rotatable bonds is 0. The molecule has 0 atom stereocenters. The van der Waals surface area contributed by atoms with Crippen molar-refractivity contribution in [2.45, 2.75) is 19.8 Å². The summed E-state index contributed by atoms with van der Waals surface area (Å²) in [5, 5.41) is 9.29. The SMILES string of the molecule is C/C1=C/C=C(/O)C/C=C\C=C/C1. The highest BCUT2D eigenvalue weighted by molar-refractivity contribution is 5.19. The molecular formula is C11H14O. The summed E-state index contributed by atoms with van der Waals surface area (Å²) in [6.45, 7) is 2.06. The van der Waals surface area contributed by atoms with Gasteiger partial charge in [0.25, 0.3) is 0 Å². The second kappa shape index (κ2) is 4.60. The average molecular weight is 162 g/mol. The number of hydrogen-bond acceptors (Lipinski definition) is 1. The molecule has 0 spiro atoms. The van der Waals surface area contributed by atoms with Crippen molar-refractivity contribution in [1.82, 2.24) is 0 Å². The third-order valence-electron chi connectivity index (χ3n) is 1.71. The Morgan fingerprint density at radius 3 is 2.50 bits per heavy atom. The van der Waals surface area contributed by atoms with Crippen LogP contribution in [0.15, 0.2) is 47.8 Å². The van der Waals surface area contributed by atoms with E-state index in [1.54, 1.807) is 6.08 Å². The first-order valence-electron chi connectivity index (χ1n) is 4.16. The molecule has 1 N–H and O–H groups in total. The molecule has 1 aliphatic rings. The number of aliphatic hydroxyl groups is 1. The van der Waals surface area contributed by atoms with Crippen molar-refractivity contribution < 1.29 is 5.11 Å². The Morgan fingerprint density at radius 2 is 1.75 bits per heavy atom. The highest BCUT2D eigenvalue weighted by Gasteiger charge is 1.89. The van der Waals surface area contributed by atoms with Crippen LogP contribution in [0, 0.1) is 0 Å². The molecule has 0 aromatic rings. The van der Waals surface area contributed by atoms with Gasteiger partial charge in [0.05, 0.1) is 5.76 Å². The zero-order valence-corrected chi connectivity index (χ0v) is 7.33. The van der Waals surface area contributed by atoms with Crippen molar-refractivity contribution in [3.63, 3.8) is 0 Å². The molecule has 0 bridgehead atoms. The van der Waals surface area contributed by atoms with Gasteiger partial charge in [0.1, 0.15) is 0 Å². The lowest BCUT2D eigenvalue weighted by atomic mass is 10.1. The Hall–Kier alpha value is -1.24. The largest absolute Gasteiger partial charge is 0.512 e. The van der Waals surface area contributed by atoms with Gasteiger partial charge in [-0.3, -0.25) is 0 Å². The number of allylic oxidation sites excluding steroid dienone is 7. The fourth-order valence-electron chi connectivity index (χ4n) is 0.974. The summed E-state index contributed by atoms with van der Waals surface area (Å²) in [5.41, 5.74) is 1.26. The monoisotopic (exact) mass is 162 g/mol. The van der Waals surface area contributed by atoms with E-state index < -0.39 is 0 Å². The van der Waals surface area contributed by atoms with Crippen molar-refractivity contribution in [2.24, 2.45) is 0 Å². The van der Waals surface area contributed by atoms with Crippen molar-refractivity contribution in [3.05, 3.63) is 47.8 Å². The summed E-state index contributed by atoms with van der Waals surface area (Å²) in [4.78, 5) is 0. The first-order chi connectivity index (χ1) is 5.79. The van der Waals surface area contributed by atoms with Gasteiger partial charge < -0.3 is 5.11 Å². The molecule has 0 heterocycles. The molecular weight excluding hydrogens is 148 g/mol. The molecule has 1 rings (SSSR count). The lowest BCUT2D eigenvalue weighted by molar-refractivity contribution is 0.401. The van der Waals surface area contributed by atoms with Crippen LogP contribution in [0.1, 0.15) is 19.8 Å². The molecule has 64 valence electrons. The van der Waals surface area contributed by atoms with Crippen LogP contribution < -0.4 is 0 Å². The van der Waals surface area contributed by atoms with Crippen molar-refractivity contribution >= 4 is 0 Å². The summed E-state index contributed by atoms with van der Waals surface area (Å²) in [6, 6.07) is 0. The molecule has 0 fully saturated rings. The van der Waals surface area contributed by atoms with Gasteiger partial charge in [0, 0.05) is 6.42 Å². The molecule has 1 heteroatoms. The third kappa shape index (κ3) is 3.24. The highest BCUT2D eigenvalue weighted by Crippen LogP contribution is 2.06. The van der Waals surface area contributed by atoms with E-state index in [1.807, 2.05) is 24.3 Å². The molecule has 12 heavy (non-hydrogen) atoms. The average Bonchev–Trinajstić information content (AvgIpc) is 2.07. The molecule has 0 radical (unpaired) electrons. The van der Waals surface area contributed by atoms with E-state index in [4.69, 9.17) is 0 Å². The van der Waals surface area contributed by atoms with Gasteiger partial charge in [0.15, 0.2) is 0 Å². The van der Waals surface area contributed by atoms with Crippen LogP contribution in [0.5, 0.6) is 0 Å². The van der Waals surface area contributed by atoms with Gasteiger partial charge in [-0.15, -0.1) is 0 Å². The molecule has 0 aromatic heterocycles. The van der Waals surface area contributed by atoms with E-state index in [0.29, 0.717) is 12.2 Å². The molecule has 1 nitrogen and oxygen atoms in total. The Balaban J connectivity index is 2.74. The molecule has 0 aliphatic heterocycles. The Labute approximate surface area is 73.4 Å². The zero-order chi connectivity index (χ0) is 8.81. The lowest BCUT2D eigenvalue weighted by Gasteiger charge is -1.96. The van der Waals surface area contributed by atoms with Crippen molar-refractivity contribution in [1.29, 1.82) is 0 Å². The van der Waals surface area contributed by atoms with E-state index in [0.717, 1.165) is 6.42 Å². The third-order valence-corrected chi connectivity index (χ3v) is 1.71. The second-order valence-electron chi connectivity index (χ2n) is 2.94. The molecule has 0 amide bonds. The predicted molar refractivity (Wildman–Crippen MR) is 52.0 cm³/mol. The van der Waals surface area contributed by atoms with Crippen LogP contribution in [-0.2, 0) is 0 Å². The van der Waals surface area contributed by atoms with E-state index in [-0.39, 0.29) is 0 Å². The van der Waals surface area contributed by atoms with Crippen LogP contribution in [0.2, 0.25) is 0 Å². The van der Waals surface area contributed by atoms with E-state index >= 15 is 0 Å². The first kappa shape index (κ1) is 8.85.